The molecule has 0 aliphatic heterocycles. The molecule has 0 aliphatic carbocycles. The Balaban J connectivity index is 5.23. The summed E-state index contributed by atoms with van der Waals surface area (Å²) in [5.74, 6) is -0.629. The first-order valence-electron chi connectivity index (χ1n) is 41.0. The van der Waals surface area contributed by atoms with Crippen LogP contribution >= 0.6 is 15.6 Å². The molecule has 0 rings (SSSR count). The number of rotatable bonds is 78. The summed E-state index contributed by atoms with van der Waals surface area (Å²) in [5.41, 5.74) is 0. The van der Waals surface area contributed by atoms with Gasteiger partial charge in [0.15, 0.2) is 12.2 Å². The number of esters is 4. The molecule has 0 aromatic carbocycles. The van der Waals surface area contributed by atoms with Crippen LogP contribution in [-0.4, -0.2) is 96.7 Å². The Morgan fingerprint density at radius 2 is 0.469 bits per heavy atom. The van der Waals surface area contributed by atoms with Gasteiger partial charge in [-0.15, -0.1) is 0 Å². The number of carbonyl (C=O) groups is 4. The van der Waals surface area contributed by atoms with E-state index in [-0.39, 0.29) is 25.7 Å². The summed E-state index contributed by atoms with van der Waals surface area (Å²) in [4.78, 5) is 72.9. The number of aliphatic hydroxyl groups is 1. The molecule has 0 amide bonds. The first-order chi connectivity index (χ1) is 47.4. The van der Waals surface area contributed by atoms with Crippen LogP contribution in [0.3, 0.4) is 0 Å². The Kier molecular flexibility index (Phi) is 69.3. The SMILES string of the molecule is CCCCCCCCCCCCCCCCCCC(=O)OC[C@H](COP(=O)(O)OC[C@@H](O)COP(=O)(O)OC[C@@H](COC(=O)CCCCCCCCC(C)C)OC(=O)CCCCCCCCCCCCCCCCC)OC(=O)CCCCCCCCCCCCCCCCCC(C)C. The fraction of sp³-hybridized carbons (Fsp3) is 0.949. The van der Waals surface area contributed by atoms with E-state index in [0.717, 1.165) is 102 Å². The summed E-state index contributed by atoms with van der Waals surface area (Å²) in [6.07, 6.45) is 59.7. The minimum Gasteiger partial charge on any atom is -0.462 e. The molecule has 0 saturated carbocycles. The standard InChI is InChI=1S/C79H154O17P2/c1-7-9-11-13-15-17-19-21-23-27-30-34-38-42-49-55-61-76(81)89-67-74(95-78(83)63-58-52-44-40-36-32-28-24-26-29-33-37-41-47-53-59-71(3)4)69-93-97(85,86)91-65-73(80)66-92-98(87,88)94-70-75(68-90-77(82)62-56-50-46-45-48-54-60-72(5)6)96-79(84)64-57-51-43-39-35-31-25-22-20-18-16-14-12-10-8-2/h71-75,80H,7-70H2,1-6H3,(H,85,86)(H,87,88)/t73-,74-,75-/m1/s1. The van der Waals surface area contributed by atoms with Crippen molar-refractivity contribution < 1.29 is 80.2 Å². The highest BCUT2D eigenvalue weighted by Crippen LogP contribution is 2.45. The molecule has 3 N–H and O–H groups in total. The van der Waals surface area contributed by atoms with Gasteiger partial charge in [0.1, 0.15) is 19.3 Å². The fourth-order valence-electron chi connectivity index (χ4n) is 12.2. The van der Waals surface area contributed by atoms with Gasteiger partial charge in [0.2, 0.25) is 0 Å². The Labute approximate surface area is 600 Å². The van der Waals surface area contributed by atoms with Crippen LogP contribution in [0.4, 0.5) is 0 Å². The van der Waals surface area contributed by atoms with Crippen molar-refractivity contribution in [2.75, 3.05) is 39.6 Å². The van der Waals surface area contributed by atoms with E-state index >= 15 is 0 Å². The number of hydrogen-bond acceptors (Lipinski definition) is 15. The Bertz CT molecular complexity index is 1890. The number of aliphatic hydroxyl groups excluding tert-OH is 1. The first-order valence-corrected chi connectivity index (χ1v) is 44.0. The summed E-state index contributed by atoms with van der Waals surface area (Å²) in [6.45, 7) is 9.57. The number of hydrogen-bond donors (Lipinski definition) is 3. The maximum absolute atomic E-state index is 13.1. The van der Waals surface area contributed by atoms with Gasteiger partial charge < -0.3 is 33.8 Å². The molecule has 0 saturated heterocycles. The highest BCUT2D eigenvalue weighted by molar-refractivity contribution is 7.47. The molecule has 0 bridgehead atoms. The molecule has 0 aliphatic rings. The normalized spacial score (nSPS) is 13.9. The lowest BCUT2D eigenvalue weighted by atomic mass is 10.0. The van der Waals surface area contributed by atoms with Crippen molar-refractivity contribution >= 4 is 39.5 Å². The molecule has 0 fully saturated rings. The van der Waals surface area contributed by atoms with Crippen molar-refractivity contribution in [3.05, 3.63) is 0 Å². The van der Waals surface area contributed by atoms with Gasteiger partial charge >= 0.3 is 39.5 Å². The van der Waals surface area contributed by atoms with Crippen LogP contribution in [0.5, 0.6) is 0 Å². The molecule has 2 unspecified atom stereocenters. The van der Waals surface area contributed by atoms with Crippen LogP contribution < -0.4 is 0 Å². The second kappa shape index (κ2) is 70.7. The molecule has 5 atom stereocenters. The number of unbranched alkanes of at least 4 members (excludes halogenated alkanes) is 48. The monoisotopic (exact) mass is 1440 g/mol. The van der Waals surface area contributed by atoms with Crippen molar-refractivity contribution in [1.82, 2.24) is 0 Å². The van der Waals surface area contributed by atoms with Gasteiger partial charge in [-0.2, -0.15) is 0 Å². The maximum Gasteiger partial charge on any atom is 0.472 e. The number of carbonyl (C=O) groups excluding carboxylic acids is 4. The first kappa shape index (κ1) is 96.1. The number of phosphoric acid groups is 2. The van der Waals surface area contributed by atoms with E-state index in [1.807, 2.05) is 0 Å². The Morgan fingerprint density at radius 1 is 0.276 bits per heavy atom. The van der Waals surface area contributed by atoms with Crippen LogP contribution in [0, 0.1) is 11.8 Å². The van der Waals surface area contributed by atoms with Crippen LogP contribution in [0.15, 0.2) is 0 Å². The molecule has 98 heavy (non-hydrogen) atoms. The van der Waals surface area contributed by atoms with Crippen molar-refractivity contribution in [3.8, 4) is 0 Å². The van der Waals surface area contributed by atoms with E-state index < -0.39 is 97.5 Å². The third-order valence-corrected chi connectivity index (χ3v) is 20.4. The number of ether oxygens (including phenoxy) is 4. The number of phosphoric ester groups is 2. The highest BCUT2D eigenvalue weighted by atomic mass is 31.2. The molecular weight excluding hydrogens is 1280 g/mol. The molecule has 0 aromatic rings. The summed E-state index contributed by atoms with van der Waals surface area (Å²) in [7, 11) is -9.92. The van der Waals surface area contributed by atoms with Crippen molar-refractivity contribution in [2.45, 2.75) is 432 Å². The van der Waals surface area contributed by atoms with Crippen molar-refractivity contribution in [3.63, 3.8) is 0 Å². The zero-order valence-corrected chi connectivity index (χ0v) is 65.9. The van der Waals surface area contributed by atoms with Gasteiger partial charge in [-0.1, -0.05) is 363 Å². The quantitative estimate of drug-likeness (QED) is 0.0222. The molecule has 582 valence electrons. The largest absolute Gasteiger partial charge is 0.472 e. The van der Waals surface area contributed by atoms with Crippen LogP contribution in [0.1, 0.15) is 414 Å². The second-order valence-electron chi connectivity index (χ2n) is 29.4. The maximum atomic E-state index is 13.1. The lowest BCUT2D eigenvalue weighted by Crippen LogP contribution is -2.30. The zero-order chi connectivity index (χ0) is 72.1. The predicted molar refractivity (Wildman–Crippen MR) is 400 cm³/mol. The third-order valence-electron chi connectivity index (χ3n) is 18.5. The summed E-state index contributed by atoms with van der Waals surface area (Å²) < 4.78 is 68.6. The molecular formula is C79H154O17P2. The zero-order valence-electron chi connectivity index (χ0n) is 64.1. The van der Waals surface area contributed by atoms with E-state index in [1.54, 1.807) is 0 Å². The van der Waals surface area contributed by atoms with Gasteiger partial charge in [0.05, 0.1) is 26.4 Å². The molecule has 0 radical (unpaired) electrons. The van der Waals surface area contributed by atoms with Gasteiger partial charge in [0, 0.05) is 25.7 Å². The van der Waals surface area contributed by atoms with Gasteiger partial charge in [-0.3, -0.25) is 37.3 Å². The van der Waals surface area contributed by atoms with Crippen LogP contribution in [-0.2, 0) is 65.4 Å². The summed E-state index contributed by atoms with van der Waals surface area (Å²) >= 11 is 0. The van der Waals surface area contributed by atoms with E-state index in [2.05, 4.69) is 41.5 Å². The second-order valence-corrected chi connectivity index (χ2v) is 32.3. The minimum absolute atomic E-state index is 0.107. The predicted octanol–water partition coefficient (Wildman–Crippen LogP) is 23.5. The Hall–Kier alpha value is -1.94. The summed E-state index contributed by atoms with van der Waals surface area (Å²) in [5, 5.41) is 10.6. The summed E-state index contributed by atoms with van der Waals surface area (Å²) in [6, 6.07) is 0. The van der Waals surface area contributed by atoms with Gasteiger partial charge in [-0.25, -0.2) is 9.13 Å². The smallest absolute Gasteiger partial charge is 0.462 e. The van der Waals surface area contributed by atoms with Crippen molar-refractivity contribution in [1.29, 1.82) is 0 Å². The molecule has 19 heteroatoms. The molecule has 0 aromatic heterocycles. The van der Waals surface area contributed by atoms with E-state index in [4.69, 9.17) is 37.0 Å². The average Bonchev–Trinajstić information content (AvgIpc) is 0.937. The van der Waals surface area contributed by atoms with E-state index in [9.17, 15) is 43.2 Å². The lowest BCUT2D eigenvalue weighted by Gasteiger charge is -2.21. The van der Waals surface area contributed by atoms with Gasteiger partial charge in [0.25, 0.3) is 0 Å². The molecule has 0 spiro atoms. The van der Waals surface area contributed by atoms with Crippen LogP contribution in [0.25, 0.3) is 0 Å². The third kappa shape index (κ3) is 72.4. The molecule has 0 heterocycles. The fourth-order valence-corrected chi connectivity index (χ4v) is 13.8. The van der Waals surface area contributed by atoms with E-state index in [0.29, 0.717) is 31.6 Å². The lowest BCUT2D eigenvalue weighted by molar-refractivity contribution is -0.161. The minimum atomic E-state index is -4.96. The highest BCUT2D eigenvalue weighted by Gasteiger charge is 2.30. The molecule has 17 nitrogen and oxygen atoms in total. The average molecular weight is 1440 g/mol. The van der Waals surface area contributed by atoms with Crippen LogP contribution in [0.2, 0.25) is 0 Å². The Morgan fingerprint density at radius 3 is 0.694 bits per heavy atom. The van der Waals surface area contributed by atoms with Gasteiger partial charge in [-0.05, 0) is 37.5 Å². The van der Waals surface area contributed by atoms with E-state index in [1.165, 1.54) is 225 Å². The topological polar surface area (TPSA) is 237 Å². The van der Waals surface area contributed by atoms with Crippen molar-refractivity contribution in [2.24, 2.45) is 11.8 Å².